The van der Waals surface area contributed by atoms with Gasteiger partial charge in [-0.15, -0.1) is 0 Å². The molecular weight excluding hydrogens is 226 g/mol. The van der Waals surface area contributed by atoms with Gasteiger partial charge < -0.3 is 5.32 Å². The van der Waals surface area contributed by atoms with E-state index >= 15 is 0 Å². The smallest absolute Gasteiger partial charge is 0.255 e. The summed E-state index contributed by atoms with van der Waals surface area (Å²) in [5.41, 5.74) is -0.388. The molecule has 17 heavy (non-hydrogen) atoms. The molecule has 1 rings (SSSR count). The zero-order valence-electron chi connectivity index (χ0n) is 9.34. The minimum Gasteiger partial charge on any atom is -0.336 e. The minimum absolute atomic E-state index is 0.388. The van der Waals surface area contributed by atoms with Crippen LogP contribution in [-0.4, -0.2) is 11.9 Å². The van der Waals surface area contributed by atoms with E-state index in [9.17, 15) is 13.6 Å². The maximum atomic E-state index is 13.2. The molecule has 1 unspecified atom stereocenters. The first-order chi connectivity index (χ1) is 8.08. The van der Waals surface area contributed by atoms with Crippen molar-refractivity contribution in [2.24, 2.45) is 0 Å². The number of nitrogens with zero attached hydrogens (tertiary/aromatic N) is 1. The maximum absolute atomic E-state index is 13.2. The lowest BCUT2D eigenvalue weighted by atomic mass is 10.1. The molecule has 0 heterocycles. The molecule has 0 saturated heterocycles. The molecule has 0 bridgehead atoms. The largest absolute Gasteiger partial charge is 0.336 e. The van der Waals surface area contributed by atoms with Gasteiger partial charge in [-0.3, -0.25) is 4.79 Å². The third kappa shape index (κ3) is 3.52. The van der Waals surface area contributed by atoms with Crippen LogP contribution in [0.4, 0.5) is 8.78 Å². The molecule has 0 saturated carbocycles. The number of carbonyl (C=O) groups is 1. The molecule has 0 aliphatic carbocycles. The summed E-state index contributed by atoms with van der Waals surface area (Å²) in [5, 5.41) is 11.1. The fraction of sp³-hybridized carbons (Fsp3) is 0.333. The molecule has 0 aromatic heterocycles. The number of nitriles is 1. The monoisotopic (exact) mass is 238 g/mol. The van der Waals surface area contributed by atoms with Crippen LogP contribution >= 0.6 is 0 Å². The number of carbonyl (C=O) groups excluding carboxylic acids is 1. The Bertz CT molecular complexity index is 454. The lowest BCUT2D eigenvalue weighted by molar-refractivity contribution is 0.0939. The number of benzene rings is 1. The highest BCUT2D eigenvalue weighted by Gasteiger charge is 2.16. The number of rotatable bonds is 4. The van der Waals surface area contributed by atoms with Crippen molar-refractivity contribution in [2.45, 2.75) is 25.8 Å². The van der Waals surface area contributed by atoms with E-state index in [2.05, 4.69) is 5.32 Å². The first-order valence-corrected chi connectivity index (χ1v) is 5.24. The molecular formula is C12H12F2N2O. The van der Waals surface area contributed by atoms with Gasteiger partial charge in [0.1, 0.15) is 17.7 Å². The van der Waals surface area contributed by atoms with E-state index in [0.29, 0.717) is 12.8 Å². The summed E-state index contributed by atoms with van der Waals surface area (Å²) in [5.74, 6) is -2.28. The first-order valence-electron chi connectivity index (χ1n) is 5.24. The molecule has 1 aromatic carbocycles. The highest BCUT2D eigenvalue weighted by molar-refractivity contribution is 5.94. The maximum Gasteiger partial charge on any atom is 0.255 e. The molecule has 1 N–H and O–H groups in total. The van der Waals surface area contributed by atoms with Crippen LogP contribution in [0.1, 0.15) is 30.1 Å². The van der Waals surface area contributed by atoms with Crippen LogP contribution < -0.4 is 5.32 Å². The Kier molecular flexibility index (Phi) is 4.58. The third-order valence-electron chi connectivity index (χ3n) is 2.21. The van der Waals surface area contributed by atoms with Crippen molar-refractivity contribution in [1.29, 1.82) is 5.26 Å². The Balaban J connectivity index is 2.83. The van der Waals surface area contributed by atoms with Crippen molar-refractivity contribution in [3.63, 3.8) is 0 Å². The summed E-state index contributed by atoms with van der Waals surface area (Å²) in [6.07, 6.45) is 1.18. The molecule has 3 nitrogen and oxygen atoms in total. The molecule has 0 aliphatic heterocycles. The average Bonchev–Trinajstić information content (AvgIpc) is 2.31. The normalized spacial score (nSPS) is 11.6. The van der Waals surface area contributed by atoms with Crippen LogP contribution in [0.3, 0.4) is 0 Å². The topological polar surface area (TPSA) is 52.9 Å². The van der Waals surface area contributed by atoms with Crippen LogP contribution in [0.2, 0.25) is 0 Å². The van der Waals surface area contributed by atoms with Crippen molar-refractivity contribution < 1.29 is 13.6 Å². The molecule has 0 spiro atoms. The molecule has 90 valence electrons. The highest BCUT2D eigenvalue weighted by atomic mass is 19.1. The fourth-order valence-electron chi connectivity index (χ4n) is 1.37. The van der Waals surface area contributed by atoms with Gasteiger partial charge in [0.15, 0.2) is 0 Å². The van der Waals surface area contributed by atoms with Crippen LogP contribution in [0.25, 0.3) is 0 Å². The van der Waals surface area contributed by atoms with Gasteiger partial charge in [0, 0.05) is 0 Å². The second-order valence-electron chi connectivity index (χ2n) is 3.57. The van der Waals surface area contributed by atoms with Crippen molar-refractivity contribution >= 4 is 5.91 Å². The summed E-state index contributed by atoms with van der Waals surface area (Å²) < 4.78 is 26.1. The van der Waals surface area contributed by atoms with Gasteiger partial charge in [0.05, 0.1) is 11.6 Å². The predicted octanol–water partition coefficient (Wildman–Crippen LogP) is 2.39. The van der Waals surface area contributed by atoms with Gasteiger partial charge in [-0.1, -0.05) is 13.3 Å². The zero-order chi connectivity index (χ0) is 12.8. The lowest BCUT2D eigenvalue weighted by Crippen LogP contribution is -2.34. The number of amides is 1. The lowest BCUT2D eigenvalue weighted by Gasteiger charge is -2.10. The SMILES string of the molecule is CCCC(C#N)NC(=O)c1cc(F)ccc1F. The molecule has 0 aliphatic rings. The van der Waals surface area contributed by atoms with Gasteiger partial charge in [-0.25, -0.2) is 8.78 Å². The Morgan fingerprint density at radius 3 is 2.82 bits per heavy atom. The van der Waals surface area contributed by atoms with E-state index < -0.39 is 23.6 Å². The van der Waals surface area contributed by atoms with Crippen LogP contribution in [0.15, 0.2) is 18.2 Å². The second kappa shape index (κ2) is 5.94. The van der Waals surface area contributed by atoms with Gasteiger partial charge in [-0.05, 0) is 24.6 Å². The summed E-state index contributed by atoms with van der Waals surface area (Å²) in [4.78, 5) is 11.6. The number of hydrogen-bond donors (Lipinski definition) is 1. The Hall–Kier alpha value is -1.96. The van der Waals surface area contributed by atoms with Crippen molar-refractivity contribution in [2.75, 3.05) is 0 Å². The van der Waals surface area contributed by atoms with E-state index in [0.717, 1.165) is 18.2 Å². The van der Waals surface area contributed by atoms with Crippen LogP contribution in [-0.2, 0) is 0 Å². The standard InChI is InChI=1S/C12H12F2N2O/c1-2-3-9(7-15)16-12(17)10-6-8(13)4-5-11(10)14/h4-6,9H,2-3H2,1H3,(H,16,17). The van der Waals surface area contributed by atoms with Gasteiger partial charge in [0.25, 0.3) is 5.91 Å². The summed E-state index contributed by atoms with van der Waals surface area (Å²) in [7, 11) is 0. The van der Waals surface area contributed by atoms with Crippen molar-refractivity contribution in [1.82, 2.24) is 5.32 Å². The Morgan fingerprint density at radius 1 is 1.53 bits per heavy atom. The highest BCUT2D eigenvalue weighted by Crippen LogP contribution is 2.10. The second-order valence-corrected chi connectivity index (χ2v) is 3.57. The zero-order valence-corrected chi connectivity index (χ0v) is 9.34. The Labute approximate surface area is 98.1 Å². The van der Waals surface area contributed by atoms with E-state index in [1.807, 2.05) is 13.0 Å². The Morgan fingerprint density at radius 2 is 2.24 bits per heavy atom. The van der Waals surface area contributed by atoms with E-state index in [4.69, 9.17) is 5.26 Å². The number of nitrogens with one attached hydrogen (secondary N) is 1. The first kappa shape index (κ1) is 13.1. The number of halogens is 2. The third-order valence-corrected chi connectivity index (χ3v) is 2.21. The molecule has 5 heteroatoms. The summed E-state index contributed by atoms with van der Waals surface area (Å²) in [6.45, 7) is 1.86. The van der Waals surface area contributed by atoms with E-state index in [-0.39, 0.29) is 5.56 Å². The van der Waals surface area contributed by atoms with Crippen molar-refractivity contribution in [3.8, 4) is 6.07 Å². The van der Waals surface area contributed by atoms with Crippen LogP contribution in [0, 0.1) is 23.0 Å². The fourth-order valence-corrected chi connectivity index (χ4v) is 1.37. The molecule has 0 radical (unpaired) electrons. The summed E-state index contributed by atoms with van der Waals surface area (Å²) >= 11 is 0. The minimum atomic E-state index is -0.808. The molecule has 1 atom stereocenters. The number of hydrogen-bond acceptors (Lipinski definition) is 2. The van der Waals surface area contributed by atoms with Gasteiger partial charge >= 0.3 is 0 Å². The van der Waals surface area contributed by atoms with E-state index in [1.54, 1.807) is 0 Å². The van der Waals surface area contributed by atoms with Crippen molar-refractivity contribution in [3.05, 3.63) is 35.4 Å². The summed E-state index contributed by atoms with van der Waals surface area (Å²) in [6, 6.07) is 3.83. The molecule has 0 fully saturated rings. The quantitative estimate of drug-likeness (QED) is 0.875. The van der Waals surface area contributed by atoms with Gasteiger partial charge in [-0.2, -0.15) is 5.26 Å². The van der Waals surface area contributed by atoms with E-state index in [1.165, 1.54) is 0 Å². The van der Waals surface area contributed by atoms with Crippen LogP contribution in [0.5, 0.6) is 0 Å². The van der Waals surface area contributed by atoms with Gasteiger partial charge in [0.2, 0.25) is 0 Å². The predicted molar refractivity (Wildman–Crippen MR) is 58.1 cm³/mol. The molecule has 1 aromatic rings. The molecule has 1 amide bonds. The average molecular weight is 238 g/mol.